The van der Waals surface area contributed by atoms with Crippen LogP contribution in [-0.2, 0) is 9.59 Å². The Labute approximate surface area is 166 Å². The van der Waals surface area contributed by atoms with Gasteiger partial charge in [0.1, 0.15) is 22.2 Å². The lowest BCUT2D eigenvalue weighted by atomic mass is 10.2. The summed E-state index contributed by atoms with van der Waals surface area (Å²) in [6.07, 6.45) is 0. The van der Waals surface area contributed by atoms with Gasteiger partial charge in [-0.25, -0.2) is 4.90 Å². The SMILES string of the molecule is CCOc1ccc(NC2=C(Cl)C(=O)N(c3cc(Cl)ccc3OC)C2=O)cc1. The Morgan fingerprint density at radius 2 is 1.74 bits per heavy atom. The average Bonchev–Trinajstić information content (AvgIpc) is 2.87. The van der Waals surface area contributed by atoms with Crippen LogP contribution in [0.3, 0.4) is 0 Å². The first-order chi connectivity index (χ1) is 13.0. The van der Waals surface area contributed by atoms with Crippen LogP contribution in [0.15, 0.2) is 53.2 Å². The van der Waals surface area contributed by atoms with Crippen LogP contribution in [0.5, 0.6) is 11.5 Å². The quantitative estimate of drug-likeness (QED) is 0.728. The van der Waals surface area contributed by atoms with E-state index in [9.17, 15) is 9.59 Å². The van der Waals surface area contributed by atoms with Gasteiger partial charge in [-0.3, -0.25) is 9.59 Å². The largest absolute Gasteiger partial charge is 0.495 e. The van der Waals surface area contributed by atoms with Crippen molar-refractivity contribution >= 4 is 46.4 Å². The lowest BCUT2D eigenvalue weighted by Gasteiger charge is -2.18. The van der Waals surface area contributed by atoms with Crippen LogP contribution in [0.1, 0.15) is 6.92 Å². The molecular formula is C19H16Cl2N2O4. The number of nitrogens with zero attached hydrogens (tertiary/aromatic N) is 1. The maximum Gasteiger partial charge on any atom is 0.283 e. The minimum atomic E-state index is -0.657. The fourth-order valence-corrected chi connectivity index (χ4v) is 2.99. The molecule has 1 aliphatic heterocycles. The molecule has 1 heterocycles. The number of nitrogens with one attached hydrogen (secondary N) is 1. The molecule has 2 amide bonds. The topological polar surface area (TPSA) is 67.9 Å². The Morgan fingerprint density at radius 3 is 2.37 bits per heavy atom. The van der Waals surface area contributed by atoms with Crippen molar-refractivity contribution in [3.05, 3.63) is 58.2 Å². The zero-order valence-corrected chi connectivity index (χ0v) is 16.1. The molecular weight excluding hydrogens is 391 g/mol. The molecule has 0 saturated carbocycles. The minimum absolute atomic E-state index is 0.0205. The Bertz CT molecular complexity index is 926. The number of anilines is 2. The van der Waals surface area contributed by atoms with Crippen LogP contribution in [0.25, 0.3) is 0 Å². The fourth-order valence-electron chi connectivity index (χ4n) is 2.61. The molecule has 1 aliphatic rings. The molecule has 0 unspecified atom stereocenters. The van der Waals surface area contributed by atoms with E-state index in [0.717, 1.165) is 4.90 Å². The number of imide groups is 1. The van der Waals surface area contributed by atoms with Crippen LogP contribution >= 0.6 is 23.2 Å². The van der Waals surface area contributed by atoms with Gasteiger partial charge in [-0.2, -0.15) is 0 Å². The van der Waals surface area contributed by atoms with Crippen molar-refractivity contribution in [2.24, 2.45) is 0 Å². The minimum Gasteiger partial charge on any atom is -0.495 e. The van der Waals surface area contributed by atoms with Crippen LogP contribution in [0.4, 0.5) is 11.4 Å². The van der Waals surface area contributed by atoms with Crippen molar-refractivity contribution in [2.45, 2.75) is 6.92 Å². The standard InChI is InChI=1S/C19H16Cl2N2O4/c1-3-27-13-7-5-12(6-8-13)22-17-16(21)18(24)23(19(17)25)14-10-11(20)4-9-15(14)26-2/h4-10,22H,3H2,1-2H3. The second-order valence-corrected chi connectivity index (χ2v) is 6.35. The lowest BCUT2D eigenvalue weighted by Crippen LogP contribution is -2.32. The molecule has 1 N–H and O–H groups in total. The van der Waals surface area contributed by atoms with Crippen LogP contribution in [0.2, 0.25) is 5.02 Å². The van der Waals surface area contributed by atoms with Crippen LogP contribution < -0.4 is 19.7 Å². The predicted molar refractivity (Wildman–Crippen MR) is 105 cm³/mol. The molecule has 2 aromatic carbocycles. The molecule has 0 radical (unpaired) electrons. The molecule has 0 spiro atoms. The summed E-state index contributed by atoms with van der Waals surface area (Å²) >= 11 is 12.2. The summed E-state index contributed by atoms with van der Waals surface area (Å²) in [6, 6.07) is 11.6. The van der Waals surface area contributed by atoms with Crippen molar-refractivity contribution in [1.82, 2.24) is 0 Å². The molecule has 27 heavy (non-hydrogen) atoms. The number of hydrogen-bond donors (Lipinski definition) is 1. The monoisotopic (exact) mass is 406 g/mol. The van der Waals surface area contributed by atoms with E-state index < -0.39 is 11.8 Å². The zero-order valence-electron chi connectivity index (χ0n) is 14.6. The van der Waals surface area contributed by atoms with Gasteiger partial charge in [-0.1, -0.05) is 23.2 Å². The van der Waals surface area contributed by atoms with E-state index >= 15 is 0 Å². The number of methoxy groups -OCH3 is 1. The summed E-state index contributed by atoms with van der Waals surface area (Å²) < 4.78 is 10.6. The van der Waals surface area contributed by atoms with Gasteiger partial charge in [-0.05, 0) is 49.4 Å². The summed E-state index contributed by atoms with van der Waals surface area (Å²) in [5.74, 6) is -0.231. The van der Waals surface area contributed by atoms with E-state index in [0.29, 0.717) is 28.8 Å². The number of amides is 2. The van der Waals surface area contributed by atoms with Gasteiger partial charge in [0.05, 0.1) is 19.4 Å². The maximum absolute atomic E-state index is 12.9. The van der Waals surface area contributed by atoms with E-state index in [1.54, 1.807) is 36.4 Å². The van der Waals surface area contributed by atoms with Gasteiger partial charge >= 0.3 is 0 Å². The van der Waals surface area contributed by atoms with E-state index in [4.69, 9.17) is 32.7 Å². The number of carbonyl (C=O) groups excluding carboxylic acids is 2. The van der Waals surface area contributed by atoms with Crippen LogP contribution in [-0.4, -0.2) is 25.5 Å². The normalized spacial score (nSPS) is 14.0. The van der Waals surface area contributed by atoms with Gasteiger partial charge in [0.15, 0.2) is 0 Å². The molecule has 2 aromatic rings. The Kier molecular flexibility index (Phi) is 5.58. The van der Waals surface area contributed by atoms with Gasteiger partial charge in [0.2, 0.25) is 0 Å². The van der Waals surface area contributed by atoms with Crippen molar-refractivity contribution in [3.63, 3.8) is 0 Å². The summed E-state index contributed by atoms with van der Waals surface area (Å²) in [5, 5.41) is 3.04. The zero-order chi connectivity index (χ0) is 19.6. The molecule has 8 heteroatoms. The summed E-state index contributed by atoms with van der Waals surface area (Å²) in [5.41, 5.74) is 0.794. The lowest BCUT2D eigenvalue weighted by molar-refractivity contribution is -0.120. The number of benzene rings is 2. The molecule has 0 aliphatic carbocycles. The highest BCUT2D eigenvalue weighted by molar-refractivity contribution is 6.53. The van der Waals surface area contributed by atoms with E-state index in [1.165, 1.54) is 13.2 Å². The summed E-state index contributed by atoms with van der Waals surface area (Å²) in [6.45, 7) is 2.44. The van der Waals surface area contributed by atoms with Crippen molar-refractivity contribution in [2.75, 3.05) is 23.9 Å². The number of ether oxygens (including phenoxy) is 2. The molecule has 140 valence electrons. The first-order valence-electron chi connectivity index (χ1n) is 8.08. The third-order valence-electron chi connectivity index (χ3n) is 3.84. The van der Waals surface area contributed by atoms with E-state index in [2.05, 4.69) is 5.32 Å². The van der Waals surface area contributed by atoms with Crippen LogP contribution in [0, 0.1) is 0 Å². The molecule has 0 bridgehead atoms. The predicted octanol–water partition coefficient (Wildman–Crippen LogP) is 4.18. The van der Waals surface area contributed by atoms with Gasteiger partial charge < -0.3 is 14.8 Å². The highest BCUT2D eigenvalue weighted by atomic mass is 35.5. The maximum atomic E-state index is 12.9. The second kappa shape index (κ2) is 7.90. The smallest absolute Gasteiger partial charge is 0.283 e. The van der Waals surface area contributed by atoms with Gasteiger partial charge in [-0.15, -0.1) is 0 Å². The molecule has 0 atom stereocenters. The van der Waals surface area contributed by atoms with Crippen molar-refractivity contribution < 1.29 is 19.1 Å². The van der Waals surface area contributed by atoms with Gasteiger partial charge in [0, 0.05) is 10.7 Å². The average molecular weight is 407 g/mol. The Balaban J connectivity index is 1.89. The molecule has 3 rings (SSSR count). The number of carbonyl (C=O) groups is 2. The molecule has 6 nitrogen and oxygen atoms in total. The Hall–Kier alpha value is -2.70. The summed E-state index contributed by atoms with van der Waals surface area (Å²) in [4.78, 5) is 26.4. The third kappa shape index (κ3) is 3.72. The number of rotatable bonds is 6. The van der Waals surface area contributed by atoms with E-state index in [1.807, 2.05) is 6.92 Å². The fraction of sp³-hybridized carbons (Fsp3) is 0.158. The molecule has 0 saturated heterocycles. The molecule has 0 fully saturated rings. The first kappa shape index (κ1) is 19.1. The van der Waals surface area contributed by atoms with Crippen molar-refractivity contribution in [1.29, 1.82) is 0 Å². The number of halogens is 2. The van der Waals surface area contributed by atoms with Gasteiger partial charge in [0.25, 0.3) is 11.8 Å². The second-order valence-electron chi connectivity index (χ2n) is 5.53. The van der Waals surface area contributed by atoms with Crippen molar-refractivity contribution in [3.8, 4) is 11.5 Å². The first-order valence-corrected chi connectivity index (χ1v) is 8.83. The third-order valence-corrected chi connectivity index (χ3v) is 4.43. The van der Waals surface area contributed by atoms with E-state index in [-0.39, 0.29) is 16.4 Å². The molecule has 0 aromatic heterocycles. The highest BCUT2D eigenvalue weighted by Crippen LogP contribution is 2.37. The summed E-state index contributed by atoms with van der Waals surface area (Å²) in [7, 11) is 1.44. The Morgan fingerprint density at radius 1 is 1.04 bits per heavy atom. The number of hydrogen-bond acceptors (Lipinski definition) is 5. The highest BCUT2D eigenvalue weighted by Gasteiger charge is 2.40.